The number of imidazole rings is 2. The van der Waals surface area contributed by atoms with E-state index in [9.17, 15) is 0 Å². The first-order valence-electron chi connectivity index (χ1n) is 15.0. The molecule has 0 aliphatic heterocycles. The van der Waals surface area contributed by atoms with Crippen molar-refractivity contribution in [3.05, 3.63) is 34.4 Å². The smallest absolute Gasteiger partial charge is 0.442 e. The average molecular weight is 567 g/mol. The molecule has 0 aliphatic rings. The van der Waals surface area contributed by atoms with Crippen molar-refractivity contribution in [3.8, 4) is 0 Å². The third-order valence-electron chi connectivity index (χ3n) is 8.76. The zero-order valence-electron chi connectivity index (χ0n) is 29.3. The Balaban J connectivity index is 0.000000722. The molecule has 0 unspecified atom stereocenters. The van der Waals surface area contributed by atoms with Crippen LogP contribution >= 0.6 is 0 Å². The topological polar surface area (TPSA) is 54.0 Å². The van der Waals surface area contributed by atoms with Gasteiger partial charge in [-0.15, -0.1) is 0 Å². The van der Waals surface area contributed by atoms with Crippen molar-refractivity contribution in [2.45, 2.75) is 183 Å². The molecule has 2 aromatic rings. The molecule has 0 aliphatic carbocycles. The number of hydrogen-bond donors (Lipinski definition) is 0. The van der Waals surface area contributed by atoms with Crippen LogP contribution in [-0.4, -0.2) is 47.7 Å². The first kappa shape index (κ1) is 38.7. The molecule has 39 heavy (non-hydrogen) atoms. The molecule has 2 aromatic heterocycles. The van der Waals surface area contributed by atoms with Crippen LogP contribution in [0.4, 0.5) is 0 Å². The van der Waals surface area contributed by atoms with E-state index in [4.69, 9.17) is 19.9 Å². The normalized spacial score (nSPS) is 13.6. The van der Waals surface area contributed by atoms with Gasteiger partial charge in [-0.05, 0) is 58.2 Å². The number of hydrogen-bond acceptors (Lipinski definition) is 2. The van der Waals surface area contributed by atoms with E-state index in [1.54, 1.807) is 0 Å². The fourth-order valence-corrected chi connectivity index (χ4v) is 3.91. The SMILES string of the molecule is CCC(C)(C)c1nc(C(C)(C)C)[n-]c1C(C)(C)CC.CCC(C)(C)c1nc(C(C)(C)C)[n-]c1C(C)(C)CC.[Ca+2]. The number of rotatable bonds is 8. The van der Waals surface area contributed by atoms with E-state index in [0.29, 0.717) is 0 Å². The van der Waals surface area contributed by atoms with Crippen LogP contribution in [0.3, 0.4) is 0 Å². The van der Waals surface area contributed by atoms with Gasteiger partial charge < -0.3 is 19.9 Å². The maximum absolute atomic E-state index is 4.93. The van der Waals surface area contributed by atoms with Crippen LogP contribution in [0.25, 0.3) is 0 Å². The van der Waals surface area contributed by atoms with Gasteiger partial charge in [-0.3, -0.25) is 0 Å². The molecule has 0 bridgehead atoms. The number of aromatic nitrogens is 4. The molecule has 0 amide bonds. The third-order valence-corrected chi connectivity index (χ3v) is 8.76. The van der Waals surface area contributed by atoms with Gasteiger partial charge in [0.2, 0.25) is 0 Å². The summed E-state index contributed by atoms with van der Waals surface area (Å²) in [4.78, 5) is 19.7. The minimum Gasteiger partial charge on any atom is -0.442 e. The fourth-order valence-electron chi connectivity index (χ4n) is 3.91. The standard InChI is InChI=1S/2C17H31N2.Ca/c2*1-10-16(6,7)12-13(17(8,9)11-2)19-14(18-12)15(3,4)5;/h2*10-11H2,1-9H3;/q2*-1;+2. The summed E-state index contributed by atoms with van der Waals surface area (Å²) in [5.74, 6) is 1.97. The molecule has 0 saturated carbocycles. The van der Waals surface area contributed by atoms with Gasteiger partial charge in [-0.1, -0.05) is 159 Å². The summed E-state index contributed by atoms with van der Waals surface area (Å²) in [5, 5.41) is 0. The molecule has 0 radical (unpaired) electrons. The Labute approximate surface area is 273 Å². The maximum atomic E-state index is 4.93. The summed E-state index contributed by atoms with van der Waals surface area (Å²) in [6.07, 6.45) is 4.34. The molecule has 2 heterocycles. The van der Waals surface area contributed by atoms with Gasteiger partial charge in [0.25, 0.3) is 0 Å². The van der Waals surface area contributed by atoms with Gasteiger partial charge in [-0.2, -0.15) is 0 Å². The summed E-state index contributed by atoms with van der Waals surface area (Å²) in [7, 11) is 0. The van der Waals surface area contributed by atoms with E-state index in [1.807, 2.05) is 0 Å². The predicted octanol–water partition coefficient (Wildman–Crippen LogP) is 9.04. The minimum absolute atomic E-state index is 0. The van der Waals surface area contributed by atoms with Gasteiger partial charge in [0.05, 0.1) is 0 Å². The molecule has 5 heteroatoms. The first-order chi connectivity index (χ1) is 16.9. The Morgan fingerprint density at radius 2 is 0.667 bits per heavy atom. The Hall–Kier alpha value is -0.320. The van der Waals surface area contributed by atoms with Crippen LogP contribution in [0, 0.1) is 0 Å². The monoisotopic (exact) mass is 566 g/mol. The van der Waals surface area contributed by atoms with Gasteiger partial charge in [0, 0.05) is 0 Å². The molecule has 0 aromatic carbocycles. The van der Waals surface area contributed by atoms with Gasteiger partial charge in [0.15, 0.2) is 0 Å². The largest absolute Gasteiger partial charge is 2.00 e. The number of nitrogens with zero attached hydrogens (tertiary/aromatic N) is 4. The summed E-state index contributed by atoms with van der Waals surface area (Å²) in [5.41, 5.74) is 5.21. The maximum Gasteiger partial charge on any atom is 2.00 e. The molecule has 220 valence electrons. The summed E-state index contributed by atoms with van der Waals surface area (Å²) in [6.45, 7) is 40.3. The molecule has 0 saturated heterocycles. The third kappa shape index (κ3) is 9.34. The van der Waals surface area contributed by atoms with E-state index < -0.39 is 0 Å². The van der Waals surface area contributed by atoms with Crippen LogP contribution in [0.1, 0.15) is 185 Å². The molecule has 2 rings (SSSR count). The van der Waals surface area contributed by atoms with Crippen LogP contribution in [0.5, 0.6) is 0 Å². The van der Waals surface area contributed by atoms with E-state index in [0.717, 1.165) is 37.3 Å². The zero-order valence-corrected chi connectivity index (χ0v) is 31.5. The molecule has 0 N–H and O–H groups in total. The van der Waals surface area contributed by atoms with Crippen molar-refractivity contribution in [1.82, 2.24) is 19.9 Å². The Morgan fingerprint density at radius 1 is 0.436 bits per heavy atom. The Kier molecular flexibility index (Phi) is 13.2. The summed E-state index contributed by atoms with van der Waals surface area (Å²) in [6, 6.07) is 0. The van der Waals surface area contributed by atoms with Crippen LogP contribution in [0.2, 0.25) is 0 Å². The van der Waals surface area contributed by atoms with Crippen molar-refractivity contribution in [3.63, 3.8) is 0 Å². The van der Waals surface area contributed by atoms with Gasteiger partial charge >= 0.3 is 37.7 Å². The zero-order chi connectivity index (χ0) is 30.1. The second-order valence-corrected chi connectivity index (χ2v) is 15.9. The summed E-state index contributed by atoms with van der Waals surface area (Å²) < 4.78 is 0. The van der Waals surface area contributed by atoms with Crippen molar-refractivity contribution >= 4 is 37.7 Å². The molecule has 4 nitrogen and oxygen atoms in total. The fraction of sp³-hybridized carbons (Fsp3) is 0.824. The Morgan fingerprint density at radius 3 is 0.846 bits per heavy atom. The predicted molar refractivity (Wildman–Crippen MR) is 172 cm³/mol. The van der Waals surface area contributed by atoms with Gasteiger partial charge in [0.1, 0.15) is 0 Å². The molecule has 0 atom stereocenters. The average Bonchev–Trinajstić information content (AvgIpc) is 3.46. The van der Waals surface area contributed by atoms with Crippen LogP contribution in [-0.2, 0) is 32.5 Å². The van der Waals surface area contributed by atoms with E-state index >= 15 is 0 Å². The first-order valence-corrected chi connectivity index (χ1v) is 15.0. The van der Waals surface area contributed by atoms with E-state index in [1.165, 1.54) is 22.8 Å². The van der Waals surface area contributed by atoms with Gasteiger partial charge in [-0.25, -0.2) is 0 Å². The van der Waals surface area contributed by atoms with E-state index in [2.05, 4.69) is 125 Å². The quantitative estimate of drug-likeness (QED) is 0.299. The Bertz CT molecular complexity index is 885. The van der Waals surface area contributed by atoms with Crippen molar-refractivity contribution < 1.29 is 0 Å². The molecule has 0 fully saturated rings. The second-order valence-electron chi connectivity index (χ2n) is 15.9. The van der Waals surface area contributed by atoms with Crippen molar-refractivity contribution in [1.29, 1.82) is 0 Å². The molecular formula is C34H62CaN4. The van der Waals surface area contributed by atoms with Crippen molar-refractivity contribution in [2.24, 2.45) is 0 Å². The van der Waals surface area contributed by atoms with E-state index in [-0.39, 0.29) is 70.2 Å². The second kappa shape index (κ2) is 13.3. The molecule has 0 spiro atoms. The summed E-state index contributed by atoms with van der Waals surface area (Å²) >= 11 is 0. The minimum atomic E-state index is 0. The molecular weight excluding hydrogens is 504 g/mol. The van der Waals surface area contributed by atoms with Crippen LogP contribution < -0.4 is 9.97 Å². The van der Waals surface area contributed by atoms with Crippen molar-refractivity contribution in [2.75, 3.05) is 0 Å². The van der Waals surface area contributed by atoms with Crippen LogP contribution in [0.15, 0.2) is 0 Å².